The number of halogens is 3. The zero-order valence-electron chi connectivity index (χ0n) is 17.1. The minimum Gasteiger partial charge on any atom is -0.370 e. The fourth-order valence-electron chi connectivity index (χ4n) is 4.09. The van der Waals surface area contributed by atoms with Crippen molar-refractivity contribution in [2.24, 2.45) is 0 Å². The SMILES string of the molecule is CN(c1c(C#N)cnc2[nH]ccc12)C1CCN(S(=O)(=O)c2cccc(C(F)(F)F)c2)CC1. The van der Waals surface area contributed by atoms with Crippen LogP contribution >= 0.6 is 0 Å². The molecule has 0 atom stereocenters. The highest BCUT2D eigenvalue weighted by molar-refractivity contribution is 7.89. The smallest absolute Gasteiger partial charge is 0.370 e. The van der Waals surface area contributed by atoms with Gasteiger partial charge in [-0.3, -0.25) is 0 Å². The number of nitrogens with zero attached hydrogens (tertiary/aromatic N) is 4. The lowest BCUT2D eigenvalue weighted by atomic mass is 10.0. The fourth-order valence-corrected chi connectivity index (χ4v) is 5.61. The minimum absolute atomic E-state index is 0.0458. The van der Waals surface area contributed by atoms with Crippen molar-refractivity contribution < 1.29 is 21.6 Å². The average molecular weight is 463 g/mol. The molecule has 32 heavy (non-hydrogen) atoms. The number of pyridine rings is 1. The minimum atomic E-state index is -4.62. The second-order valence-corrected chi connectivity index (χ2v) is 9.58. The molecule has 3 aromatic rings. The number of anilines is 1. The Kier molecular flexibility index (Phi) is 5.60. The first kappa shape index (κ1) is 22.1. The van der Waals surface area contributed by atoms with Crippen LogP contribution in [0, 0.1) is 11.3 Å². The van der Waals surface area contributed by atoms with Crippen molar-refractivity contribution >= 4 is 26.7 Å². The molecule has 0 unspecified atom stereocenters. The summed E-state index contributed by atoms with van der Waals surface area (Å²) in [5.41, 5.74) is 0.789. The maximum Gasteiger partial charge on any atom is 0.416 e. The van der Waals surface area contributed by atoms with Gasteiger partial charge >= 0.3 is 6.18 Å². The van der Waals surface area contributed by atoms with E-state index in [1.807, 2.05) is 18.0 Å². The normalized spacial score (nSPS) is 16.2. The first-order valence-corrected chi connectivity index (χ1v) is 11.3. The topological polar surface area (TPSA) is 93.1 Å². The molecule has 0 bridgehead atoms. The van der Waals surface area contributed by atoms with Crippen molar-refractivity contribution in [3.05, 3.63) is 53.9 Å². The predicted octanol–water partition coefficient (Wildman–Crippen LogP) is 3.74. The summed E-state index contributed by atoms with van der Waals surface area (Å²) in [5.74, 6) is 0. The van der Waals surface area contributed by atoms with Crippen molar-refractivity contribution in [1.82, 2.24) is 14.3 Å². The number of hydrogen-bond donors (Lipinski definition) is 1. The van der Waals surface area contributed by atoms with Crippen molar-refractivity contribution in [3.8, 4) is 6.07 Å². The Balaban J connectivity index is 1.54. The van der Waals surface area contributed by atoms with E-state index in [2.05, 4.69) is 16.0 Å². The fraction of sp³-hybridized carbons (Fsp3) is 0.333. The predicted molar refractivity (Wildman–Crippen MR) is 112 cm³/mol. The van der Waals surface area contributed by atoms with Gasteiger partial charge in [0.1, 0.15) is 11.7 Å². The Morgan fingerprint density at radius 1 is 1.25 bits per heavy atom. The number of piperidine rings is 1. The van der Waals surface area contributed by atoms with Gasteiger partial charge in [0.05, 0.1) is 21.7 Å². The average Bonchev–Trinajstić information content (AvgIpc) is 3.26. The molecule has 1 aliphatic rings. The molecule has 1 aliphatic heterocycles. The second-order valence-electron chi connectivity index (χ2n) is 7.64. The van der Waals surface area contributed by atoms with Gasteiger partial charge in [0.2, 0.25) is 10.0 Å². The Morgan fingerprint density at radius 2 is 1.97 bits per heavy atom. The summed E-state index contributed by atoms with van der Waals surface area (Å²) < 4.78 is 66.1. The highest BCUT2D eigenvalue weighted by Crippen LogP contribution is 2.34. The summed E-state index contributed by atoms with van der Waals surface area (Å²) in [4.78, 5) is 8.84. The number of nitriles is 1. The van der Waals surface area contributed by atoms with Gasteiger partial charge in [-0.05, 0) is 37.1 Å². The number of aromatic amines is 1. The summed E-state index contributed by atoms with van der Waals surface area (Å²) in [6.45, 7) is 0.327. The second kappa shape index (κ2) is 8.11. The van der Waals surface area contributed by atoms with E-state index >= 15 is 0 Å². The van der Waals surface area contributed by atoms with E-state index in [0.717, 1.165) is 23.2 Å². The first-order valence-electron chi connectivity index (χ1n) is 9.89. The number of alkyl halides is 3. The number of rotatable bonds is 4. The lowest BCUT2D eigenvalue weighted by molar-refractivity contribution is -0.137. The molecule has 0 spiro atoms. The molecule has 1 N–H and O–H groups in total. The summed E-state index contributed by atoms with van der Waals surface area (Å²) in [7, 11) is -2.20. The van der Waals surface area contributed by atoms with Crippen LogP contribution in [0.15, 0.2) is 47.6 Å². The third-order valence-corrected chi connectivity index (χ3v) is 7.70. The monoisotopic (exact) mass is 463 g/mol. The van der Waals surface area contributed by atoms with E-state index in [4.69, 9.17) is 0 Å². The van der Waals surface area contributed by atoms with Gasteiger partial charge in [-0.15, -0.1) is 0 Å². The Morgan fingerprint density at radius 3 is 2.62 bits per heavy atom. The van der Waals surface area contributed by atoms with E-state index in [0.29, 0.717) is 30.1 Å². The maximum absolute atomic E-state index is 13.0. The highest BCUT2D eigenvalue weighted by atomic mass is 32.2. The van der Waals surface area contributed by atoms with Gasteiger partial charge < -0.3 is 9.88 Å². The molecule has 0 aliphatic carbocycles. The third kappa shape index (κ3) is 3.91. The van der Waals surface area contributed by atoms with Gasteiger partial charge in [-0.1, -0.05) is 6.07 Å². The molecule has 7 nitrogen and oxygen atoms in total. The van der Waals surface area contributed by atoms with Crippen LogP contribution in [0.1, 0.15) is 24.0 Å². The van der Waals surface area contributed by atoms with Gasteiger partial charge in [0.15, 0.2) is 0 Å². The molecule has 0 radical (unpaired) electrons. The molecular formula is C21H20F3N5O2S. The van der Waals surface area contributed by atoms with Crippen molar-refractivity contribution in [1.29, 1.82) is 5.26 Å². The van der Waals surface area contributed by atoms with Crippen LogP contribution in [0.3, 0.4) is 0 Å². The Hall–Kier alpha value is -3.10. The molecule has 2 aromatic heterocycles. The Labute approximate surface area is 183 Å². The number of benzene rings is 1. The maximum atomic E-state index is 13.0. The van der Waals surface area contributed by atoms with Gasteiger partial charge in [-0.2, -0.15) is 22.7 Å². The van der Waals surface area contributed by atoms with Crippen LogP contribution in [0.5, 0.6) is 0 Å². The molecule has 4 rings (SSSR count). The van der Waals surface area contributed by atoms with Gasteiger partial charge in [0, 0.05) is 44.0 Å². The number of fused-ring (bicyclic) bond motifs is 1. The highest BCUT2D eigenvalue weighted by Gasteiger charge is 2.35. The molecule has 1 fully saturated rings. The van der Waals surface area contributed by atoms with Crippen molar-refractivity contribution in [2.45, 2.75) is 30.0 Å². The molecule has 0 amide bonds. The summed E-state index contributed by atoms with van der Waals surface area (Å²) in [6, 6.07) is 7.75. The molecule has 11 heteroatoms. The first-order chi connectivity index (χ1) is 15.1. The van der Waals surface area contributed by atoms with Crippen LogP contribution in [0.25, 0.3) is 11.0 Å². The molecule has 3 heterocycles. The van der Waals surface area contributed by atoms with E-state index < -0.39 is 21.8 Å². The number of H-pyrrole nitrogens is 1. The molecule has 1 saturated heterocycles. The lowest BCUT2D eigenvalue weighted by Crippen LogP contribution is -2.45. The van der Waals surface area contributed by atoms with Gasteiger partial charge in [-0.25, -0.2) is 13.4 Å². The molecule has 0 saturated carbocycles. The standard InChI is InChI=1S/C21H20F3N5O2S/c1-28(19-14(12-25)13-27-20-18(19)5-8-26-20)16-6-9-29(10-7-16)32(30,31)17-4-2-3-15(11-17)21(22,23)24/h2-5,8,11,13,16H,6-7,9-10H2,1H3,(H,26,27). The molecule has 168 valence electrons. The van der Waals surface area contributed by atoms with Crippen LogP contribution in [-0.2, 0) is 16.2 Å². The summed E-state index contributed by atoms with van der Waals surface area (Å²) in [5, 5.41) is 10.3. The number of nitrogens with one attached hydrogen (secondary N) is 1. The number of sulfonamides is 1. The number of aromatic nitrogens is 2. The van der Waals surface area contributed by atoms with Crippen LogP contribution < -0.4 is 4.90 Å². The van der Waals surface area contributed by atoms with Crippen LogP contribution in [-0.4, -0.2) is 48.9 Å². The van der Waals surface area contributed by atoms with Gasteiger partial charge in [0.25, 0.3) is 0 Å². The zero-order chi connectivity index (χ0) is 23.1. The molecule has 1 aromatic carbocycles. The largest absolute Gasteiger partial charge is 0.416 e. The Bertz CT molecular complexity index is 1290. The van der Waals surface area contributed by atoms with Crippen molar-refractivity contribution in [2.75, 3.05) is 25.0 Å². The van der Waals surface area contributed by atoms with E-state index in [9.17, 15) is 26.9 Å². The number of hydrogen-bond acceptors (Lipinski definition) is 5. The summed E-state index contributed by atoms with van der Waals surface area (Å²) >= 11 is 0. The van der Waals surface area contributed by atoms with Crippen LogP contribution in [0.2, 0.25) is 0 Å². The van der Waals surface area contributed by atoms with E-state index in [1.165, 1.54) is 16.6 Å². The van der Waals surface area contributed by atoms with E-state index in [-0.39, 0.29) is 24.0 Å². The zero-order valence-corrected chi connectivity index (χ0v) is 17.9. The van der Waals surface area contributed by atoms with E-state index in [1.54, 1.807) is 6.20 Å². The lowest BCUT2D eigenvalue weighted by Gasteiger charge is -2.37. The van der Waals surface area contributed by atoms with Crippen molar-refractivity contribution in [3.63, 3.8) is 0 Å². The quantitative estimate of drug-likeness (QED) is 0.636. The third-order valence-electron chi connectivity index (χ3n) is 5.80. The summed E-state index contributed by atoms with van der Waals surface area (Å²) in [6.07, 6.45) is -0.451. The molecular weight excluding hydrogens is 443 g/mol. The van der Waals surface area contributed by atoms with Crippen LogP contribution in [0.4, 0.5) is 18.9 Å².